The monoisotopic (exact) mass is 339 g/mol. The first-order chi connectivity index (χ1) is 12.2. The Kier molecular flexibility index (Phi) is 6.37. The van der Waals surface area contributed by atoms with Crippen LogP contribution in [0.3, 0.4) is 0 Å². The molecule has 7 nitrogen and oxygen atoms in total. The maximum atomic E-state index is 11.8. The molecule has 128 valence electrons. The van der Waals surface area contributed by atoms with Gasteiger partial charge in [0, 0.05) is 11.6 Å². The van der Waals surface area contributed by atoms with E-state index < -0.39 is 5.91 Å². The fourth-order valence-electron chi connectivity index (χ4n) is 1.94. The number of carbonyl (C=O) groups is 1. The number of nitrogens with one attached hydrogen (secondary N) is 1. The highest BCUT2D eigenvalue weighted by Crippen LogP contribution is 2.21. The zero-order valence-corrected chi connectivity index (χ0v) is 13.9. The van der Waals surface area contributed by atoms with Crippen LogP contribution in [-0.2, 0) is 4.79 Å². The third kappa shape index (κ3) is 5.25. The van der Waals surface area contributed by atoms with E-state index in [-0.39, 0.29) is 6.61 Å². The van der Waals surface area contributed by atoms with Crippen molar-refractivity contribution in [3.63, 3.8) is 0 Å². The highest BCUT2D eigenvalue weighted by Gasteiger charge is 2.05. The molecule has 2 rings (SSSR count). The summed E-state index contributed by atoms with van der Waals surface area (Å²) in [6.07, 6.45) is 1.46. The minimum atomic E-state index is -0.446. The molecular weight excluding hydrogens is 322 g/mol. The first kappa shape index (κ1) is 17.8. The Morgan fingerprint density at radius 3 is 2.52 bits per heavy atom. The molecule has 0 spiro atoms. The van der Waals surface area contributed by atoms with E-state index in [2.05, 4.69) is 10.5 Å². The number of benzene rings is 2. The molecule has 25 heavy (non-hydrogen) atoms. The average molecular weight is 339 g/mol. The van der Waals surface area contributed by atoms with E-state index in [0.29, 0.717) is 28.4 Å². The van der Waals surface area contributed by atoms with Crippen molar-refractivity contribution in [2.75, 3.05) is 20.8 Å². The molecule has 0 saturated carbocycles. The van der Waals surface area contributed by atoms with Crippen LogP contribution in [0.25, 0.3) is 0 Å². The maximum absolute atomic E-state index is 11.8. The van der Waals surface area contributed by atoms with Crippen molar-refractivity contribution < 1.29 is 19.0 Å². The van der Waals surface area contributed by atoms with E-state index >= 15 is 0 Å². The van der Waals surface area contributed by atoms with E-state index in [1.54, 1.807) is 56.7 Å². The van der Waals surface area contributed by atoms with Crippen molar-refractivity contribution in [3.8, 4) is 23.3 Å². The highest BCUT2D eigenvalue weighted by molar-refractivity contribution is 5.83. The fraction of sp³-hybridized carbons (Fsp3) is 0.167. The van der Waals surface area contributed by atoms with Crippen molar-refractivity contribution in [2.45, 2.75) is 0 Å². The van der Waals surface area contributed by atoms with Crippen molar-refractivity contribution >= 4 is 12.1 Å². The fourth-order valence-corrected chi connectivity index (χ4v) is 1.94. The molecule has 2 aromatic carbocycles. The number of carbonyl (C=O) groups excluding carboxylic acids is 1. The van der Waals surface area contributed by atoms with Gasteiger partial charge in [-0.3, -0.25) is 4.79 Å². The molecule has 0 heterocycles. The van der Waals surface area contributed by atoms with Crippen LogP contribution in [0, 0.1) is 11.3 Å². The van der Waals surface area contributed by atoms with Gasteiger partial charge in [0.15, 0.2) is 6.61 Å². The summed E-state index contributed by atoms with van der Waals surface area (Å²) in [7, 11) is 3.10. The zero-order chi connectivity index (χ0) is 18.1. The molecule has 1 amide bonds. The summed E-state index contributed by atoms with van der Waals surface area (Å²) < 4.78 is 15.6. The SMILES string of the molecule is COc1cc(/C=N/NC(=O)COc2ccccc2C#N)cc(OC)c1. The van der Waals surface area contributed by atoms with Crippen molar-refractivity contribution in [1.29, 1.82) is 5.26 Å². The predicted octanol–water partition coefficient (Wildman–Crippen LogP) is 2.10. The van der Waals surface area contributed by atoms with E-state index in [0.717, 1.165) is 0 Å². The molecular formula is C18H17N3O4. The highest BCUT2D eigenvalue weighted by atomic mass is 16.5. The van der Waals surface area contributed by atoms with Gasteiger partial charge < -0.3 is 14.2 Å². The maximum Gasteiger partial charge on any atom is 0.277 e. The third-order valence-corrected chi connectivity index (χ3v) is 3.14. The lowest BCUT2D eigenvalue weighted by atomic mass is 10.2. The topological polar surface area (TPSA) is 92.9 Å². The number of methoxy groups -OCH3 is 2. The van der Waals surface area contributed by atoms with Gasteiger partial charge in [0.2, 0.25) is 0 Å². The Morgan fingerprint density at radius 1 is 1.20 bits per heavy atom. The van der Waals surface area contributed by atoms with Crippen LogP contribution in [0.1, 0.15) is 11.1 Å². The van der Waals surface area contributed by atoms with Crippen molar-refractivity contribution in [1.82, 2.24) is 5.43 Å². The molecule has 0 saturated heterocycles. The van der Waals surface area contributed by atoms with Gasteiger partial charge in [-0.25, -0.2) is 5.43 Å². The van der Waals surface area contributed by atoms with Gasteiger partial charge in [-0.1, -0.05) is 12.1 Å². The predicted molar refractivity (Wildman–Crippen MR) is 91.9 cm³/mol. The summed E-state index contributed by atoms with van der Waals surface area (Å²) in [5, 5.41) is 12.8. The standard InChI is InChI=1S/C18H17N3O4/c1-23-15-7-13(8-16(9-15)24-2)11-20-21-18(22)12-25-17-6-4-3-5-14(17)10-19/h3-9,11H,12H2,1-2H3,(H,21,22)/b20-11+. The molecule has 0 aliphatic heterocycles. The molecule has 0 aromatic heterocycles. The largest absolute Gasteiger partial charge is 0.497 e. The molecule has 0 aliphatic rings. The quantitative estimate of drug-likeness (QED) is 0.616. The molecule has 7 heteroatoms. The molecule has 0 fully saturated rings. The second kappa shape index (κ2) is 8.93. The summed E-state index contributed by atoms with van der Waals surface area (Å²) in [5.74, 6) is 1.13. The van der Waals surface area contributed by atoms with Crippen LogP contribution in [0.15, 0.2) is 47.6 Å². The number of hydrogen-bond acceptors (Lipinski definition) is 6. The van der Waals surface area contributed by atoms with Gasteiger partial charge >= 0.3 is 0 Å². The Bertz CT molecular complexity index is 790. The van der Waals surface area contributed by atoms with Gasteiger partial charge in [-0.05, 0) is 24.3 Å². The molecule has 0 aliphatic carbocycles. The van der Waals surface area contributed by atoms with Crippen LogP contribution in [-0.4, -0.2) is 32.9 Å². The van der Waals surface area contributed by atoms with E-state index in [1.807, 2.05) is 6.07 Å². The van der Waals surface area contributed by atoms with Gasteiger partial charge in [0.05, 0.1) is 26.0 Å². The minimum Gasteiger partial charge on any atom is -0.497 e. The lowest BCUT2D eigenvalue weighted by Crippen LogP contribution is -2.24. The van der Waals surface area contributed by atoms with Gasteiger partial charge in [0.1, 0.15) is 23.3 Å². The Hall–Kier alpha value is -3.53. The summed E-state index contributed by atoms with van der Waals surface area (Å²) in [6.45, 7) is -0.253. The average Bonchev–Trinajstić information content (AvgIpc) is 2.66. The lowest BCUT2D eigenvalue weighted by molar-refractivity contribution is -0.123. The molecule has 0 unspecified atom stereocenters. The van der Waals surface area contributed by atoms with Crippen LogP contribution < -0.4 is 19.6 Å². The number of hydrazone groups is 1. The molecule has 0 bridgehead atoms. The number of nitrogens with zero attached hydrogens (tertiary/aromatic N) is 2. The van der Waals surface area contributed by atoms with Crippen molar-refractivity contribution in [2.24, 2.45) is 5.10 Å². The smallest absolute Gasteiger partial charge is 0.277 e. The zero-order valence-electron chi connectivity index (χ0n) is 13.9. The van der Waals surface area contributed by atoms with Crippen LogP contribution in [0.5, 0.6) is 17.2 Å². The first-order valence-corrected chi connectivity index (χ1v) is 7.33. The number of nitriles is 1. The number of ether oxygens (including phenoxy) is 3. The summed E-state index contributed by atoms with van der Waals surface area (Å²) in [4.78, 5) is 11.8. The Balaban J connectivity index is 1.91. The summed E-state index contributed by atoms with van der Waals surface area (Å²) in [5.41, 5.74) is 3.42. The Morgan fingerprint density at radius 2 is 1.88 bits per heavy atom. The van der Waals surface area contributed by atoms with Crippen LogP contribution in [0.2, 0.25) is 0 Å². The molecule has 1 N–H and O–H groups in total. The Labute approximate surface area is 145 Å². The van der Waals surface area contributed by atoms with Gasteiger partial charge in [-0.2, -0.15) is 10.4 Å². The minimum absolute atomic E-state index is 0.253. The number of amides is 1. The number of para-hydroxylation sites is 1. The lowest BCUT2D eigenvalue weighted by Gasteiger charge is -2.07. The second-order valence-electron chi connectivity index (χ2n) is 4.84. The van der Waals surface area contributed by atoms with Gasteiger partial charge in [0.25, 0.3) is 5.91 Å². The number of hydrogen-bond donors (Lipinski definition) is 1. The number of rotatable bonds is 7. The summed E-state index contributed by atoms with van der Waals surface area (Å²) in [6, 6.07) is 13.9. The molecule has 0 radical (unpaired) electrons. The molecule has 0 atom stereocenters. The van der Waals surface area contributed by atoms with Gasteiger partial charge in [-0.15, -0.1) is 0 Å². The second-order valence-corrected chi connectivity index (χ2v) is 4.84. The normalized spacial score (nSPS) is 10.1. The van der Waals surface area contributed by atoms with Crippen LogP contribution in [0.4, 0.5) is 0 Å². The third-order valence-electron chi connectivity index (χ3n) is 3.14. The van der Waals surface area contributed by atoms with E-state index in [1.165, 1.54) is 6.21 Å². The molecule has 2 aromatic rings. The van der Waals surface area contributed by atoms with Crippen LogP contribution >= 0.6 is 0 Å². The van der Waals surface area contributed by atoms with E-state index in [4.69, 9.17) is 19.5 Å². The first-order valence-electron chi connectivity index (χ1n) is 7.33. The summed E-state index contributed by atoms with van der Waals surface area (Å²) >= 11 is 0. The van der Waals surface area contributed by atoms with E-state index in [9.17, 15) is 4.79 Å². The van der Waals surface area contributed by atoms with Crippen molar-refractivity contribution in [3.05, 3.63) is 53.6 Å².